The van der Waals surface area contributed by atoms with Gasteiger partial charge >= 0.3 is 5.97 Å². The van der Waals surface area contributed by atoms with Crippen LogP contribution >= 0.6 is 11.3 Å². The Hall–Kier alpha value is -1.61. The normalized spacial score (nSPS) is 10.2. The van der Waals surface area contributed by atoms with Gasteiger partial charge in [-0.25, -0.2) is 9.78 Å². The Morgan fingerprint density at radius 3 is 2.88 bits per heavy atom. The third-order valence-corrected chi connectivity index (χ3v) is 2.96. The Labute approximate surface area is 104 Å². The molecule has 92 valence electrons. The van der Waals surface area contributed by atoms with Crippen molar-refractivity contribution in [3.8, 4) is 6.07 Å². The van der Waals surface area contributed by atoms with E-state index in [4.69, 9.17) is 10.4 Å². The number of carbonyl (C=O) groups is 1. The maximum atomic E-state index is 10.7. The second-order valence-electron chi connectivity index (χ2n) is 4.07. The minimum absolute atomic E-state index is 0.0655. The van der Waals surface area contributed by atoms with Gasteiger partial charge in [-0.3, -0.25) is 0 Å². The van der Waals surface area contributed by atoms with Crippen molar-refractivity contribution in [2.75, 3.05) is 18.0 Å². The van der Waals surface area contributed by atoms with Crippen LogP contribution in [-0.2, 0) is 0 Å². The van der Waals surface area contributed by atoms with Gasteiger partial charge in [-0.15, -0.1) is 11.3 Å². The van der Waals surface area contributed by atoms with Crippen LogP contribution in [0.2, 0.25) is 0 Å². The van der Waals surface area contributed by atoms with Crippen molar-refractivity contribution in [3.05, 3.63) is 11.1 Å². The van der Waals surface area contributed by atoms with Crippen molar-refractivity contribution in [1.82, 2.24) is 4.98 Å². The number of thiazole rings is 1. The van der Waals surface area contributed by atoms with E-state index in [1.807, 2.05) is 4.90 Å². The number of anilines is 1. The molecule has 1 aromatic heterocycles. The van der Waals surface area contributed by atoms with Crippen LogP contribution in [0.1, 0.15) is 30.8 Å². The number of nitriles is 1. The van der Waals surface area contributed by atoms with Gasteiger partial charge in [0.1, 0.15) is 0 Å². The summed E-state index contributed by atoms with van der Waals surface area (Å²) < 4.78 is 0. The monoisotopic (exact) mass is 253 g/mol. The fourth-order valence-corrected chi connectivity index (χ4v) is 2.24. The Balaban J connectivity index is 2.80. The molecule has 1 heterocycles. The second kappa shape index (κ2) is 6.21. The molecule has 1 N–H and O–H groups in total. The number of aromatic nitrogens is 1. The summed E-state index contributed by atoms with van der Waals surface area (Å²) in [5, 5.41) is 19.6. The van der Waals surface area contributed by atoms with E-state index in [9.17, 15) is 4.79 Å². The van der Waals surface area contributed by atoms with E-state index in [1.54, 1.807) is 0 Å². The molecule has 0 aliphatic heterocycles. The van der Waals surface area contributed by atoms with Crippen molar-refractivity contribution < 1.29 is 9.90 Å². The maximum Gasteiger partial charge on any atom is 0.355 e. The molecular formula is C11H15N3O2S. The lowest BCUT2D eigenvalue weighted by atomic mass is 10.2. The lowest BCUT2D eigenvalue weighted by Gasteiger charge is -2.22. The Kier molecular flexibility index (Phi) is 4.91. The van der Waals surface area contributed by atoms with Crippen molar-refractivity contribution in [2.45, 2.75) is 20.3 Å². The predicted molar refractivity (Wildman–Crippen MR) is 66.4 cm³/mol. The minimum atomic E-state index is -1.02. The number of carboxylic acids is 1. The van der Waals surface area contributed by atoms with E-state index in [0.717, 1.165) is 6.54 Å². The van der Waals surface area contributed by atoms with Gasteiger partial charge in [-0.05, 0) is 5.92 Å². The van der Waals surface area contributed by atoms with Gasteiger partial charge in [-0.2, -0.15) is 5.26 Å². The third kappa shape index (κ3) is 4.04. The van der Waals surface area contributed by atoms with E-state index in [1.165, 1.54) is 16.7 Å². The van der Waals surface area contributed by atoms with Crippen LogP contribution in [0.4, 0.5) is 5.13 Å². The van der Waals surface area contributed by atoms with Crippen LogP contribution in [0.15, 0.2) is 5.38 Å². The summed E-state index contributed by atoms with van der Waals surface area (Å²) in [5.41, 5.74) is 0.0655. The number of rotatable bonds is 6. The van der Waals surface area contributed by atoms with Crippen molar-refractivity contribution >= 4 is 22.4 Å². The number of hydrogen-bond acceptors (Lipinski definition) is 5. The minimum Gasteiger partial charge on any atom is -0.476 e. The van der Waals surface area contributed by atoms with Gasteiger partial charge in [0.25, 0.3) is 0 Å². The smallest absolute Gasteiger partial charge is 0.355 e. The largest absolute Gasteiger partial charge is 0.476 e. The molecule has 0 aliphatic rings. The summed E-state index contributed by atoms with van der Waals surface area (Å²) in [6.45, 7) is 5.51. The highest BCUT2D eigenvalue weighted by Crippen LogP contribution is 2.21. The molecule has 0 atom stereocenters. The fourth-order valence-electron chi connectivity index (χ4n) is 1.40. The van der Waals surface area contributed by atoms with Crippen LogP contribution in [0.5, 0.6) is 0 Å². The van der Waals surface area contributed by atoms with Crippen LogP contribution < -0.4 is 4.90 Å². The van der Waals surface area contributed by atoms with Crippen molar-refractivity contribution in [2.24, 2.45) is 5.92 Å². The molecule has 0 spiro atoms. The molecule has 0 radical (unpaired) electrons. The van der Waals surface area contributed by atoms with E-state index in [0.29, 0.717) is 24.0 Å². The van der Waals surface area contributed by atoms with Crippen molar-refractivity contribution in [1.29, 1.82) is 5.26 Å². The summed E-state index contributed by atoms with van der Waals surface area (Å²) in [6.07, 6.45) is 0.411. The van der Waals surface area contributed by atoms with Crippen LogP contribution in [0, 0.1) is 17.2 Å². The molecule has 0 aliphatic carbocycles. The molecule has 1 rings (SSSR count). The van der Waals surface area contributed by atoms with Gasteiger partial charge in [0.05, 0.1) is 12.5 Å². The summed E-state index contributed by atoms with van der Waals surface area (Å²) in [7, 11) is 0. The first-order valence-corrected chi connectivity index (χ1v) is 6.23. The Morgan fingerprint density at radius 1 is 1.71 bits per heavy atom. The van der Waals surface area contributed by atoms with Gasteiger partial charge in [0, 0.05) is 18.5 Å². The summed E-state index contributed by atoms with van der Waals surface area (Å²) in [5.74, 6) is -0.580. The lowest BCUT2D eigenvalue weighted by Crippen LogP contribution is -2.28. The SMILES string of the molecule is CC(C)CN(CCC#N)c1nc(C(=O)O)cs1. The highest BCUT2D eigenvalue weighted by atomic mass is 32.1. The Bertz CT molecular complexity index is 423. The Morgan fingerprint density at radius 2 is 2.41 bits per heavy atom. The average molecular weight is 253 g/mol. The van der Waals surface area contributed by atoms with Crippen LogP contribution in [0.25, 0.3) is 0 Å². The zero-order chi connectivity index (χ0) is 12.8. The van der Waals surface area contributed by atoms with E-state index < -0.39 is 5.97 Å². The average Bonchev–Trinajstić information content (AvgIpc) is 2.72. The van der Waals surface area contributed by atoms with Crippen LogP contribution in [0.3, 0.4) is 0 Å². The van der Waals surface area contributed by atoms with Crippen molar-refractivity contribution in [3.63, 3.8) is 0 Å². The number of carboxylic acid groups (broad SMARTS) is 1. The topological polar surface area (TPSA) is 77.2 Å². The number of hydrogen-bond donors (Lipinski definition) is 1. The maximum absolute atomic E-state index is 10.7. The zero-order valence-electron chi connectivity index (χ0n) is 9.88. The first kappa shape index (κ1) is 13.5. The highest BCUT2D eigenvalue weighted by molar-refractivity contribution is 7.13. The molecule has 0 saturated heterocycles. The summed E-state index contributed by atoms with van der Waals surface area (Å²) in [4.78, 5) is 16.8. The molecule has 0 aromatic carbocycles. The molecule has 0 amide bonds. The summed E-state index contributed by atoms with van der Waals surface area (Å²) in [6, 6.07) is 2.09. The van der Waals surface area contributed by atoms with E-state index in [-0.39, 0.29) is 5.69 Å². The second-order valence-corrected chi connectivity index (χ2v) is 4.91. The molecule has 0 fully saturated rings. The molecule has 0 bridgehead atoms. The molecule has 17 heavy (non-hydrogen) atoms. The number of aromatic carboxylic acids is 1. The van der Waals surface area contributed by atoms with Crippen LogP contribution in [-0.4, -0.2) is 29.1 Å². The molecule has 0 saturated carbocycles. The quantitative estimate of drug-likeness (QED) is 0.841. The molecule has 1 aromatic rings. The first-order valence-electron chi connectivity index (χ1n) is 5.35. The third-order valence-electron chi connectivity index (χ3n) is 2.06. The fraction of sp³-hybridized carbons (Fsp3) is 0.545. The highest BCUT2D eigenvalue weighted by Gasteiger charge is 2.15. The van der Waals surface area contributed by atoms with Gasteiger partial charge in [-0.1, -0.05) is 13.8 Å². The molecule has 6 heteroatoms. The molecular weight excluding hydrogens is 238 g/mol. The molecule has 0 unspecified atom stereocenters. The first-order chi connectivity index (χ1) is 8.04. The van der Waals surface area contributed by atoms with Gasteiger partial charge < -0.3 is 10.0 Å². The molecule has 5 nitrogen and oxygen atoms in total. The zero-order valence-corrected chi connectivity index (χ0v) is 10.7. The van der Waals surface area contributed by atoms with Gasteiger partial charge in [0.15, 0.2) is 10.8 Å². The van der Waals surface area contributed by atoms with Gasteiger partial charge in [0.2, 0.25) is 0 Å². The lowest BCUT2D eigenvalue weighted by molar-refractivity contribution is 0.0691. The standard InChI is InChI=1S/C11H15N3O2S/c1-8(2)6-14(5-3-4-12)11-13-9(7-17-11)10(15)16/h7-8H,3,5-6H2,1-2H3,(H,15,16). The summed E-state index contributed by atoms with van der Waals surface area (Å²) >= 11 is 1.30. The van der Waals surface area contributed by atoms with E-state index in [2.05, 4.69) is 24.9 Å². The predicted octanol–water partition coefficient (Wildman–Crippen LogP) is 2.22. The number of nitrogens with zero attached hydrogens (tertiary/aromatic N) is 3. The van der Waals surface area contributed by atoms with E-state index >= 15 is 0 Å².